The Morgan fingerprint density at radius 2 is 2.00 bits per heavy atom. The number of thioether (sulfide) groups is 1. The highest BCUT2D eigenvalue weighted by Crippen LogP contribution is 2.39. The van der Waals surface area contributed by atoms with Crippen LogP contribution < -0.4 is 4.90 Å². The smallest absolute Gasteiger partial charge is 0.134 e. The van der Waals surface area contributed by atoms with Crippen molar-refractivity contribution in [1.82, 2.24) is 4.98 Å². The number of aromatic nitrogens is 1. The molecule has 0 saturated heterocycles. The van der Waals surface area contributed by atoms with Gasteiger partial charge in [0, 0.05) is 21.7 Å². The highest BCUT2D eigenvalue weighted by molar-refractivity contribution is 8.02. The fraction of sp³-hybridized carbons (Fsp3) is 0.133. The second-order valence-electron chi connectivity index (χ2n) is 4.49. The second kappa shape index (κ2) is 6.53. The van der Waals surface area contributed by atoms with E-state index in [0.29, 0.717) is 10.0 Å². The van der Waals surface area contributed by atoms with Crippen LogP contribution in [0.5, 0.6) is 0 Å². The van der Waals surface area contributed by atoms with Crippen molar-refractivity contribution in [1.29, 1.82) is 0 Å². The van der Waals surface area contributed by atoms with Gasteiger partial charge in [0.15, 0.2) is 0 Å². The van der Waals surface area contributed by atoms with Crippen molar-refractivity contribution >= 4 is 52.5 Å². The summed E-state index contributed by atoms with van der Waals surface area (Å²) in [7, 11) is 0. The number of pyridine rings is 1. The van der Waals surface area contributed by atoms with E-state index in [0.717, 1.165) is 21.5 Å². The highest BCUT2D eigenvalue weighted by atomic mass is 35.5. The molecule has 0 N–H and O–H groups in total. The van der Waals surface area contributed by atoms with Crippen LogP contribution >= 0.6 is 46.7 Å². The predicted molar refractivity (Wildman–Crippen MR) is 93.5 cm³/mol. The molecule has 3 rings (SSSR count). The molecule has 0 radical (unpaired) electrons. The number of benzene rings is 1. The lowest BCUT2D eigenvalue weighted by molar-refractivity contribution is 1.03. The number of anilines is 1. The van der Waals surface area contributed by atoms with Crippen molar-refractivity contribution in [2.75, 3.05) is 10.8 Å². The lowest BCUT2D eigenvalue weighted by atomic mass is 10.4. The molecule has 6 heteroatoms. The van der Waals surface area contributed by atoms with Gasteiger partial charge >= 0.3 is 0 Å². The summed E-state index contributed by atoms with van der Waals surface area (Å²) in [6.45, 7) is 2.09. The largest absolute Gasteiger partial charge is 0.320 e. The van der Waals surface area contributed by atoms with E-state index in [2.05, 4.69) is 28.3 Å². The number of nitrogens with zero attached hydrogens (tertiary/aromatic N) is 2. The van der Waals surface area contributed by atoms with Gasteiger partial charge in [0.1, 0.15) is 5.82 Å². The molecule has 2 heterocycles. The summed E-state index contributed by atoms with van der Waals surface area (Å²) < 4.78 is 0. The topological polar surface area (TPSA) is 16.1 Å². The van der Waals surface area contributed by atoms with Crippen molar-refractivity contribution < 1.29 is 0 Å². The minimum Gasteiger partial charge on any atom is -0.320 e. The standard InChI is InChI=1S/C15H12Cl2N2S2/c1-10-8-20-9-19(10)14-7-11(5-6-18-14)21-15-12(16)3-2-4-13(15)17/h2-8H,9H2,1H3. The predicted octanol–water partition coefficient (Wildman–Crippen LogP) is 5.91. The van der Waals surface area contributed by atoms with E-state index in [4.69, 9.17) is 23.2 Å². The lowest BCUT2D eigenvalue weighted by Gasteiger charge is -2.18. The maximum atomic E-state index is 6.23. The summed E-state index contributed by atoms with van der Waals surface area (Å²) in [5.41, 5.74) is 1.21. The van der Waals surface area contributed by atoms with Crippen LogP contribution in [-0.2, 0) is 0 Å². The van der Waals surface area contributed by atoms with Gasteiger partial charge in [-0.05, 0) is 36.6 Å². The van der Waals surface area contributed by atoms with Crippen LogP contribution in [0, 0.1) is 0 Å². The molecule has 0 atom stereocenters. The average molecular weight is 355 g/mol. The third kappa shape index (κ3) is 3.34. The van der Waals surface area contributed by atoms with Crippen LogP contribution in [0.2, 0.25) is 10.0 Å². The number of hydrogen-bond acceptors (Lipinski definition) is 4. The van der Waals surface area contributed by atoms with E-state index in [1.807, 2.05) is 30.5 Å². The monoisotopic (exact) mass is 354 g/mol. The van der Waals surface area contributed by atoms with Gasteiger partial charge in [0.25, 0.3) is 0 Å². The molecular weight excluding hydrogens is 343 g/mol. The summed E-state index contributed by atoms with van der Waals surface area (Å²) in [6, 6.07) is 9.58. The molecule has 0 fully saturated rings. The molecular formula is C15H12Cl2N2S2. The Bertz CT molecular complexity index is 684. The molecule has 0 aliphatic carbocycles. The Morgan fingerprint density at radius 3 is 2.67 bits per heavy atom. The molecule has 1 aliphatic rings. The molecule has 0 bridgehead atoms. The first-order valence-electron chi connectivity index (χ1n) is 6.29. The molecule has 0 spiro atoms. The Balaban J connectivity index is 1.89. The zero-order chi connectivity index (χ0) is 14.8. The zero-order valence-corrected chi connectivity index (χ0v) is 14.4. The first kappa shape index (κ1) is 15.1. The fourth-order valence-corrected chi connectivity index (χ4v) is 4.37. The van der Waals surface area contributed by atoms with Crippen LogP contribution in [0.3, 0.4) is 0 Å². The third-order valence-electron chi connectivity index (χ3n) is 3.02. The number of allylic oxidation sites excluding steroid dienone is 1. The van der Waals surface area contributed by atoms with Gasteiger partial charge in [-0.15, -0.1) is 11.8 Å². The number of halogens is 2. The van der Waals surface area contributed by atoms with Crippen molar-refractivity contribution in [2.45, 2.75) is 16.7 Å². The Kier molecular flexibility index (Phi) is 4.69. The van der Waals surface area contributed by atoms with Crippen molar-refractivity contribution in [3.05, 3.63) is 57.7 Å². The van der Waals surface area contributed by atoms with Crippen molar-refractivity contribution in [2.24, 2.45) is 0 Å². The molecule has 1 aliphatic heterocycles. The van der Waals surface area contributed by atoms with E-state index in [1.54, 1.807) is 23.5 Å². The van der Waals surface area contributed by atoms with Gasteiger partial charge in [-0.3, -0.25) is 0 Å². The summed E-state index contributed by atoms with van der Waals surface area (Å²) in [5.74, 6) is 1.85. The maximum absolute atomic E-state index is 6.23. The lowest BCUT2D eigenvalue weighted by Crippen LogP contribution is -2.16. The van der Waals surface area contributed by atoms with E-state index in [-0.39, 0.29) is 0 Å². The molecule has 0 unspecified atom stereocenters. The normalized spacial score (nSPS) is 14.4. The van der Waals surface area contributed by atoms with E-state index in [9.17, 15) is 0 Å². The molecule has 2 nitrogen and oxygen atoms in total. The van der Waals surface area contributed by atoms with Gasteiger partial charge in [-0.1, -0.05) is 41.0 Å². The molecule has 0 amide bonds. The van der Waals surface area contributed by atoms with E-state index in [1.165, 1.54) is 5.70 Å². The van der Waals surface area contributed by atoms with E-state index >= 15 is 0 Å². The quantitative estimate of drug-likeness (QED) is 0.680. The van der Waals surface area contributed by atoms with Gasteiger partial charge in [0.2, 0.25) is 0 Å². The van der Waals surface area contributed by atoms with Gasteiger partial charge in [0.05, 0.1) is 15.9 Å². The van der Waals surface area contributed by atoms with Crippen LogP contribution in [0.1, 0.15) is 6.92 Å². The van der Waals surface area contributed by atoms with Gasteiger partial charge in [-0.2, -0.15) is 0 Å². The third-order valence-corrected chi connectivity index (χ3v) is 5.92. The first-order valence-corrected chi connectivity index (χ1v) is 8.91. The summed E-state index contributed by atoms with van der Waals surface area (Å²) in [5, 5.41) is 3.48. The Hall–Kier alpha value is -0.810. The van der Waals surface area contributed by atoms with Crippen molar-refractivity contribution in [3.63, 3.8) is 0 Å². The van der Waals surface area contributed by atoms with Gasteiger partial charge < -0.3 is 4.90 Å². The minimum atomic E-state index is 0.665. The fourth-order valence-electron chi connectivity index (χ4n) is 1.95. The Labute approximate surface area is 142 Å². The molecule has 2 aromatic rings. The van der Waals surface area contributed by atoms with Crippen molar-refractivity contribution in [3.8, 4) is 0 Å². The summed E-state index contributed by atoms with van der Waals surface area (Å²) >= 11 is 15.8. The highest BCUT2D eigenvalue weighted by Gasteiger charge is 2.16. The SMILES string of the molecule is CC1=CSCN1c1cc(Sc2c(Cl)cccc2Cl)ccn1. The van der Waals surface area contributed by atoms with Crippen LogP contribution in [-0.4, -0.2) is 10.9 Å². The van der Waals surface area contributed by atoms with Crippen LogP contribution in [0.15, 0.2) is 57.4 Å². The van der Waals surface area contributed by atoms with Crippen LogP contribution in [0.4, 0.5) is 5.82 Å². The molecule has 108 valence electrons. The first-order chi connectivity index (χ1) is 10.1. The average Bonchev–Trinajstić information content (AvgIpc) is 2.90. The second-order valence-corrected chi connectivity index (χ2v) is 7.21. The number of rotatable bonds is 3. The summed E-state index contributed by atoms with van der Waals surface area (Å²) in [6.07, 6.45) is 1.82. The summed E-state index contributed by atoms with van der Waals surface area (Å²) in [4.78, 5) is 8.58. The Morgan fingerprint density at radius 1 is 1.24 bits per heavy atom. The molecule has 1 aromatic heterocycles. The molecule has 0 saturated carbocycles. The van der Waals surface area contributed by atoms with Gasteiger partial charge in [-0.25, -0.2) is 4.98 Å². The van der Waals surface area contributed by atoms with Crippen LogP contribution in [0.25, 0.3) is 0 Å². The van der Waals surface area contributed by atoms with E-state index < -0.39 is 0 Å². The zero-order valence-electron chi connectivity index (χ0n) is 11.2. The minimum absolute atomic E-state index is 0.665. The maximum Gasteiger partial charge on any atom is 0.134 e. The molecule has 1 aromatic carbocycles. The molecule has 21 heavy (non-hydrogen) atoms. The number of hydrogen-bond donors (Lipinski definition) is 0.